The molecule has 1 rings (SSSR count). The monoisotopic (exact) mass is 193 g/mol. The molecule has 0 aliphatic rings. The first kappa shape index (κ1) is 11.1. The smallest absolute Gasteiger partial charge is 0.125 e. The molecule has 14 heavy (non-hydrogen) atoms. The lowest BCUT2D eigenvalue weighted by Crippen LogP contribution is -2.18. The molecule has 0 spiro atoms. The molecule has 0 amide bonds. The molecule has 2 nitrogen and oxygen atoms in total. The van der Waals surface area contributed by atoms with E-state index in [9.17, 15) is 0 Å². The third-order valence-corrected chi connectivity index (χ3v) is 2.32. The lowest BCUT2D eigenvalue weighted by molar-refractivity contribution is 0.261. The summed E-state index contributed by atoms with van der Waals surface area (Å²) in [5.41, 5.74) is 7.91. The minimum Gasteiger partial charge on any atom is -0.493 e. The average Bonchev–Trinajstić information content (AvgIpc) is 2.16. The fraction of sp³-hybridized carbons (Fsp3) is 0.500. The lowest BCUT2D eigenvalue weighted by Gasteiger charge is -2.14. The van der Waals surface area contributed by atoms with Crippen LogP contribution in [0.1, 0.15) is 18.1 Å². The molecular formula is C12H19NO. The zero-order valence-corrected chi connectivity index (χ0v) is 9.21. The SMILES string of the molecule is Cc1cccc(C)c1OCC(C)CN. The first-order valence-electron chi connectivity index (χ1n) is 5.04. The van der Waals surface area contributed by atoms with Crippen LogP contribution in [-0.4, -0.2) is 13.2 Å². The third-order valence-electron chi connectivity index (χ3n) is 2.32. The largest absolute Gasteiger partial charge is 0.493 e. The Kier molecular flexibility index (Phi) is 3.96. The Bertz CT molecular complexity index is 276. The van der Waals surface area contributed by atoms with Crippen molar-refractivity contribution in [2.45, 2.75) is 20.8 Å². The molecule has 78 valence electrons. The minimum absolute atomic E-state index is 0.411. The summed E-state index contributed by atoms with van der Waals surface area (Å²) in [5, 5.41) is 0. The van der Waals surface area contributed by atoms with E-state index in [1.165, 1.54) is 11.1 Å². The van der Waals surface area contributed by atoms with Crippen molar-refractivity contribution >= 4 is 0 Å². The fourth-order valence-corrected chi connectivity index (χ4v) is 1.32. The number of rotatable bonds is 4. The molecule has 0 aromatic heterocycles. The van der Waals surface area contributed by atoms with Gasteiger partial charge >= 0.3 is 0 Å². The van der Waals surface area contributed by atoms with Gasteiger partial charge in [0.1, 0.15) is 5.75 Å². The average molecular weight is 193 g/mol. The predicted molar refractivity (Wildman–Crippen MR) is 59.6 cm³/mol. The fourth-order valence-electron chi connectivity index (χ4n) is 1.32. The van der Waals surface area contributed by atoms with Crippen LogP contribution < -0.4 is 10.5 Å². The van der Waals surface area contributed by atoms with E-state index in [-0.39, 0.29) is 0 Å². The molecule has 1 atom stereocenters. The number of benzene rings is 1. The molecule has 0 aliphatic carbocycles. The molecule has 0 radical (unpaired) electrons. The van der Waals surface area contributed by atoms with Crippen molar-refractivity contribution in [1.82, 2.24) is 0 Å². The van der Waals surface area contributed by atoms with E-state index < -0.39 is 0 Å². The van der Waals surface area contributed by atoms with Gasteiger partial charge in [0.25, 0.3) is 0 Å². The standard InChI is InChI=1S/C12H19NO/c1-9(7-13)8-14-12-10(2)5-4-6-11(12)3/h4-6,9H,7-8,13H2,1-3H3. The zero-order chi connectivity index (χ0) is 10.6. The van der Waals surface area contributed by atoms with Crippen molar-refractivity contribution in [2.75, 3.05) is 13.2 Å². The van der Waals surface area contributed by atoms with Crippen LogP contribution >= 0.6 is 0 Å². The Balaban J connectivity index is 2.66. The van der Waals surface area contributed by atoms with Gasteiger partial charge in [0.15, 0.2) is 0 Å². The Labute approximate surface area is 86.1 Å². The molecule has 0 bridgehead atoms. The van der Waals surface area contributed by atoms with Crippen molar-refractivity contribution < 1.29 is 4.74 Å². The Morgan fingerprint density at radius 2 is 1.86 bits per heavy atom. The summed E-state index contributed by atoms with van der Waals surface area (Å²) in [6, 6.07) is 6.18. The predicted octanol–water partition coefficient (Wildman–Crippen LogP) is 2.28. The minimum atomic E-state index is 0.411. The van der Waals surface area contributed by atoms with E-state index in [1.54, 1.807) is 0 Å². The van der Waals surface area contributed by atoms with Crippen LogP contribution in [0.3, 0.4) is 0 Å². The van der Waals surface area contributed by atoms with Gasteiger partial charge in [-0.2, -0.15) is 0 Å². The molecular weight excluding hydrogens is 174 g/mol. The van der Waals surface area contributed by atoms with Gasteiger partial charge in [-0.1, -0.05) is 25.1 Å². The van der Waals surface area contributed by atoms with E-state index in [2.05, 4.69) is 32.9 Å². The maximum Gasteiger partial charge on any atom is 0.125 e. The molecule has 0 aliphatic heterocycles. The maximum absolute atomic E-state index is 5.74. The number of hydrogen-bond acceptors (Lipinski definition) is 2. The van der Waals surface area contributed by atoms with Crippen LogP contribution in [0, 0.1) is 19.8 Å². The second kappa shape index (κ2) is 5.01. The highest BCUT2D eigenvalue weighted by Gasteiger charge is 2.05. The van der Waals surface area contributed by atoms with Gasteiger partial charge in [0, 0.05) is 5.92 Å². The van der Waals surface area contributed by atoms with E-state index in [0.29, 0.717) is 19.1 Å². The Morgan fingerprint density at radius 3 is 2.36 bits per heavy atom. The molecule has 0 saturated heterocycles. The summed E-state index contributed by atoms with van der Waals surface area (Å²) in [5.74, 6) is 1.42. The van der Waals surface area contributed by atoms with Gasteiger partial charge in [0.05, 0.1) is 6.61 Å². The van der Waals surface area contributed by atoms with Gasteiger partial charge in [-0.05, 0) is 31.5 Å². The van der Waals surface area contributed by atoms with Crippen LogP contribution in [-0.2, 0) is 0 Å². The number of ether oxygens (including phenoxy) is 1. The molecule has 0 heterocycles. The molecule has 1 unspecified atom stereocenters. The number of aryl methyl sites for hydroxylation is 2. The normalized spacial score (nSPS) is 12.6. The van der Waals surface area contributed by atoms with Crippen LogP contribution in [0.5, 0.6) is 5.75 Å². The molecule has 2 N–H and O–H groups in total. The zero-order valence-electron chi connectivity index (χ0n) is 9.21. The van der Waals surface area contributed by atoms with Crippen molar-refractivity contribution in [3.05, 3.63) is 29.3 Å². The maximum atomic E-state index is 5.74. The van der Waals surface area contributed by atoms with Gasteiger partial charge in [-0.25, -0.2) is 0 Å². The summed E-state index contributed by atoms with van der Waals surface area (Å²) >= 11 is 0. The van der Waals surface area contributed by atoms with Crippen LogP contribution in [0.15, 0.2) is 18.2 Å². The highest BCUT2D eigenvalue weighted by molar-refractivity contribution is 5.39. The molecule has 2 heteroatoms. The van der Waals surface area contributed by atoms with Crippen molar-refractivity contribution in [1.29, 1.82) is 0 Å². The third kappa shape index (κ3) is 2.74. The first-order valence-corrected chi connectivity index (χ1v) is 5.04. The summed E-state index contributed by atoms with van der Waals surface area (Å²) < 4.78 is 5.74. The van der Waals surface area contributed by atoms with Gasteiger partial charge in [-0.15, -0.1) is 0 Å². The number of hydrogen-bond donors (Lipinski definition) is 1. The van der Waals surface area contributed by atoms with Crippen LogP contribution in [0.4, 0.5) is 0 Å². The summed E-state index contributed by atoms with van der Waals surface area (Å²) in [7, 11) is 0. The summed E-state index contributed by atoms with van der Waals surface area (Å²) in [6.45, 7) is 7.59. The van der Waals surface area contributed by atoms with Crippen molar-refractivity contribution in [3.63, 3.8) is 0 Å². The van der Waals surface area contributed by atoms with E-state index in [1.807, 2.05) is 6.07 Å². The second-order valence-corrected chi connectivity index (χ2v) is 3.87. The summed E-state index contributed by atoms with van der Waals surface area (Å²) in [6.07, 6.45) is 0. The van der Waals surface area contributed by atoms with Crippen LogP contribution in [0.25, 0.3) is 0 Å². The topological polar surface area (TPSA) is 35.2 Å². The Hall–Kier alpha value is -1.02. The number of para-hydroxylation sites is 1. The lowest BCUT2D eigenvalue weighted by atomic mass is 10.1. The van der Waals surface area contributed by atoms with Crippen molar-refractivity contribution in [3.8, 4) is 5.75 Å². The van der Waals surface area contributed by atoms with E-state index in [4.69, 9.17) is 10.5 Å². The Morgan fingerprint density at radius 1 is 1.29 bits per heavy atom. The van der Waals surface area contributed by atoms with E-state index >= 15 is 0 Å². The number of nitrogens with two attached hydrogens (primary N) is 1. The van der Waals surface area contributed by atoms with E-state index in [0.717, 1.165) is 5.75 Å². The molecule has 1 aromatic carbocycles. The highest BCUT2D eigenvalue weighted by Crippen LogP contribution is 2.22. The molecule has 1 aromatic rings. The molecule has 0 saturated carbocycles. The second-order valence-electron chi connectivity index (χ2n) is 3.87. The summed E-state index contributed by atoms with van der Waals surface area (Å²) in [4.78, 5) is 0. The van der Waals surface area contributed by atoms with Crippen molar-refractivity contribution in [2.24, 2.45) is 11.7 Å². The highest BCUT2D eigenvalue weighted by atomic mass is 16.5. The quantitative estimate of drug-likeness (QED) is 0.796. The van der Waals surface area contributed by atoms with Gasteiger partial charge < -0.3 is 10.5 Å². The first-order chi connectivity index (χ1) is 6.65. The molecule has 0 fully saturated rings. The van der Waals surface area contributed by atoms with Gasteiger partial charge in [0.2, 0.25) is 0 Å². The van der Waals surface area contributed by atoms with Crippen LogP contribution in [0.2, 0.25) is 0 Å². The van der Waals surface area contributed by atoms with Gasteiger partial charge in [-0.3, -0.25) is 0 Å².